The number of aromatic amines is 1. The Morgan fingerprint density at radius 1 is 1.28 bits per heavy atom. The molecule has 0 bridgehead atoms. The van der Waals surface area contributed by atoms with Gasteiger partial charge < -0.3 is 9.88 Å². The van der Waals surface area contributed by atoms with E-state index in [0.717, 1.165) is 42.3 Å². The van der Waals surface area contributed by atoms with Crippen molar-refractivity contribution in [1.29, 1.82) is 0 Å². The predicted molar refractivity (Wildman–Crippen MR) is 97.0 cm³/mol. The largest absolute Gasteiger partial charge is 0.342 e. The number of carbonyl (C=O) groups is 1. The Labute approximate surface area is 149 Å². The van der Waals surface area contributed by atoms with Gasteiger partial charge in [0, 0.05) is 49.7 Å². The second kappa shape index (κ2) is 6.94. The summed E-state index contributed by atoms with van der Waals surface area (Å²) in [6.45, 7) is 9.83. The van der Waals surface area contributed by atoms with E-state index in [1.165, 1.54) is 0 Å². The molecule has 3 heterocycles. The van der Waals surface area contributed by atoms with Crippen LogP contribution in [0, 0.1) is 12.3 Å². The molecule has 1 fully saturated rings. The number of imidazole rings is 1. The van der Waals surface area contributed by atoms with E-state index in [9.17, 15) is 4.79 Å². The van der Waals surface area contributed by atoms with Crippen molar-refractivity contribution >= 4 is 5.91 Å². The molecular weight excluding hydrogens is 314 g/mol. The molecule has 0 aromatic carbocycles. The van der Waals surface area contributed by atoms with Crippen LogP contribution in [0.1, 0.15) is 57.3 Å². The number of aromatic nitrogens is 4. The topological polar surface area (TPSA) is 74.8 Å². The van der Waals surface area contributed by atoms with Gasteiger partial charge in [-0.15, -0.1) is 0 Å². The van der Waals surface area contributed by atoms with Crippen LogP contribution < -0.4 is 0 Å². The van der Waals surface area contributed by atoms with Crippen LogP contribution in [0.4, 0.5) is 0 Å². The van der Waals surface area contributed by atoms with E-state index in [-0.39, 0.29) is 17.2 Å². The molecule has 0 aliphatic carbocycles. The first-order valence-corrected chi connectivity index (χ1v) is 8.94. The van der Waals surface area contributed by atoms with Gasteiger partial charge in [-0.2, -0.15) is 0 Å². The number of nitrogens with one attached hydrogen (secondary N) is 1. The Morgan fingerprint density at radius 2 is 2.04 bits per heavy atom. The van der Waals surface area contributed by atoms with Gasteiger partial charge >= 0.3 is 0 Å². The maximum Gasteiger partial charge on any atom is 0.223 e. The SMILES string of the molecule is Cc1cnc(-c2nccnc2C2CCCN(C(=O)CC(C)(C)C)C2)[nH]1. The molecule has 1 N–H and O–H groups in total. The zero-order valence-electron chi connectivity index (χ0n) is 15.5. The first kappa shape index (κ1) is 17.6. The Balaban J connectivity index is 1.82. The first-order chi connectivity index (χ1) is 11.8. The van der Waals surface area contributed by atoms with Gasteiger partial charge in [0.05, 0.1) is 5.69 Å². The van der Waals surface area contributed by atoms with Gasteiger partial charge in [-0.1, -0.05) is 20.8 Å². The van der Waals surface area contributed by atoms with E-state index in [1.807, 2.05) is 11.8 Å². The molecule has 0 saturated carbocycles. The number of H-pyrrole nitrogens is 1. The molecule has 1 aliphatic heterocycles. The van der Waals surface area contributed by atoms with Crippen LogP contribution in [-0.4, -0.2) is 43.8 Å². The minimum Gasteiger partial charge on any atom is -0.342 e. The van der Waals surface area contributed by atoms with Crippen molar-refractivity contribution in [1.82, 2.24) is 24.8 Å². The summed E-state index contributed by atoms with van der Waals surface area (Å²) in [5.74, 6) is 1.18. The molecule has 1 amide bonds. The van der Waals surface area contributed by atoms with Gasteiger partial charge in [0.1, 0.15) is 5.69 Å². The van der Waals surface area contributed by atoms with Crippen LogP contribution in [0.15, 0.2) is 18.6 Å². The number of hydrogen-bond acceptors (Lipinski definition) is 4. The number of hydrogen-bond donors (Lipinski definition) is 1. The van der Waals surface area contributed by atoms with Gasteiger partial charge in [-0.25, -0.2) is 9.97 Å². The van der Waals surface area contributed by atoms with Crippen molar-refractivity contribution < 1.29 is 4.79 Å². The number of carbonyl (C=O) groups excluding carboxylic acids is 1. The molecule has 1 saturated heterocycles. The molecule has 25 heavy (non-hydrogen) atoms. The quantitative estimate of drug-likeness (QED) is 0.929. The molecule has 6 heteroatoms. The number of aryl methyl sites for hydroxylation is 1. The summed E-state index contributed by atoms with van der Waals surface area (Å²) in [6.07, 6.45) is 7.81. The van der Waals surface area contributed by atoms with E-state index in [2.05, 4.69) is 40.7 Å². The molecule has 3 rings (SSSR count). The fourth-order valence-electron chi connectivity index (χ4n) is 3.36. The molecule has 2 aromatic heterocycles. The number of likely N-dealkylation sites (tertiary alicyclic amines) is 1. The highest BCUT2D eigenvalue weighted by Crippen LogP contribution is 2.31. The van der Waals surface area contributed by atoms with Crippen molar-refractivity contribution in [3.63, 3.8) is 0 Å². The number of amides is 1. The average molecular weight is 341 g/mol. The number of nitrogens with zero attached hydrogens (tertiary/aromatic N) is 4. The van der Waals surface area contributed by atoms with E-state index in [0.29, 0.717) is 13.0 Å². The Bertz CT molecular complexity index is 746. The summed E-state index contributed by atoms with van der Waals surface area (Å²) in [6, 6.07) is 0. The number of rotatable bonds is 3. The molecule has 1 aliphatic rings. The molecule has 0 radical (unpaired) electrons. The lowest BCUT2D eigenvalue weighted by Gasteiger charge is -2.34. The van der Waals surface area contributed by atoms with Crippen molar-refractivity contribution in [3.05, 3.63) is 30.0 Å². The second-order valence-electron chi connectivity index (χ2n) is 8.12. The predicted octanol–water partition coefficient (Wildman–Crippen LogP) is 3.32. The molecule has 2 aromatic rings. The second-order valence-corrected chi connectivity index (χ2v) is 8.12. The maximum atomic E-state index is 12.6. The average Bonchev–Trinajstić information content (AvgIpc) is 3.00. The number of piperidine rings is 1. The fraction of sp³-hybridized carbons (Fsp3) is 0.579. The van der Waals surface area contributed by atoms with E-state index in [4.69, 9.17) is 0 Å². The molecule has 1 atom stereocenters. The molecular formula is C19H27N5O. The highest BCUT2D eigenvalue weighted by atomic mass is 16.2. The fourth-order valence-corrected chi connectivity index (χ4v) is 3.36. The summed E-state index contributed by atoms with van der Waals surface area (Å²) < 4.78 is 0. The summed E-state index contributed by atoms with van der Waals surface area (Å²) in [5.41, 5.74) is 2.74. The molecule has 1 unspecified atom stereocenters. The van der Waals surface area contributed by atoms with Crippen molar-refractivity contribution in [2.45, 2.75) is 52.9 Å². The van der Waals surface area contributed by atoms with Gasteiger partial charge in [0.15, 0.2) is 5.82 Å². The Kier molecular flexibility index (Phi) is 4.88. The highest BCUT2D eigenvalue weighted by Gasteiger charge is 2.30. The van der Waals surface area contributed by atoms with E-state index < -0.39 is 0 Å². The van der Waals surface area contributed by atoms with Crippen molar-refractivity contribution in [3.8, 4) is 11.5 Å². The molecule has 0 spiro atoms. The van der Waals surface area contributed by atoms with Crippen LogP contribution in [0.25, 0.3) is 11.5 Å². The van der Waals surface area contributed by atoms with Crippen LogP contribution in [0.3, 0.4) is 0 Å². The Morgan fingerprint density at radius 3 is 2.72 bits per heavy atom. The van der Waals surface area contributed by atoms with Crippen molar-refractivity contribution in [2.75, 3.05) is 13.1 Å². The lowest BCUT2D eigenvalue weighted by atomic mass is 9.89. The summed E-state index contributed by atoms with van der Waals surface area (Å²) >= 11 is 0. The Hall–Kier alpha value is -2.24. The normalized spacial score (nSPS) is 18.4. The molecule has 134 valence electrons. The summed E-state index contributed by atoms with van der Waals surface area (Å²) in [7, 11) is 0. The minimum absolute atomic E-state index is 0.00738. The van der Waals surface area contributed by atoms with Gasteiger partial charge in [-0.05, 0) is 25.2 Å². The van der Waals surface area contributed by atoms with Crippen LogP contribution in [-0.2, 0) is 4.79 Å². The lowest BCUT2D eigenvalue weighted by Crippen LogP contribution is -2.40. The van der Waals surface area contributed by atoms with Crippen LogP contribution >= 0.6 is 0 Å². The van der Waals surface area contributed by atoms with Gasteiger partial charge in [-0.3, -0.25) is 9.78 Å². The smallest absolute Gasteiger partial charge is 0.223 e. The summed E-state index contributed by atoms with van der Waals surface area (Å²) in [5, 5.41) is 0. The van der Waals surface area contributed by atoms with Crippen LogP contribution in [0.2, 0.25) is 0 Å². The third kappa shape index (κ3) is 4.24. The summed E-state index contributed by atoms with van der Waals surface area (Å²) in [4.78, 5) is 31.4. The zero-order valence-corrected chi connectivity index (χ0v) is 15.5. The zero-order chi connectivity index (χ0) is 18.0. The van der Waals surface area contributed by atoms with E-state index in [1.54, 1.807) is 18.6 Å². The van der Waals surface area contributed by atoms with E-state index >= 15 is 0 Å². The van der Waals surface area contributed by atoms with Gasteiger partial charge in [0.25, 0.3) is 0 Å². The van der Waals surface area contributed by atoms with Gasteiger partial charge in [0.2, 0.25) is 5.91 Å². The lowest BCUT2D eigenvalue weighted by molar-refractivity contribution is -0.134. The monoisotopic (exact) mass is 341 g/mol. The third-order valence-electron chi connectivity index (χ3n) is 4.50. The maximum absolute atomic E-state index is 12.6. The standard InChI is InChI=1S/C19H27N5O/c1-13-11-22-18(23-13)17-16(20-7-8-21-17)14-6-5-9-24(12-14)15(25)10-19(2,3)4/h7-8,11,14H,5-6,9-10,12H2,1-4H3,(H,22,23). The highest BCUT2D eigenvalue weighted by molar-refractivity contribution is 5.77. The minimum atomic E-state index is 0.00738. The first-order valence-electron chi connectivity index (χ1n) is 8.94. The van der Waals surface area contributed by atoms with Crippen molar-refractivity contribution in [2.24, 2.45) is 5.41 Å². The molecule has 6 nitrogen and oxygen atoms in total. The van der Waals surface area contributed by atoms with Crippen LogP contribution in [0.5, 0.6) is 0 Å². The third-order valence-corrected chi connectivity index (χ3v) is 4.50.